The van der Waals surface area contributed by atoms with Gasteiger partial charge >= 0.3 is 0 Å². The average molecular weight is 231 g/mol. The standard InChI is InChI=1S/C16H25N/c1-14-9-11-16(12-10-14)17-13-5-8-15-6-3-2-4-7-15/h2-4,6-7,14,16-17H,5,8-13H2,1H3. The molecule has 1 aliphatic carbocycles. The zero-order valence-corrected chi connectivity index (χ0v) is 11.0. The Kier molecular flexibility index (Phi) is 5.06. The summed E-state index contributed by atoms with van der Waals surface area (Å²) in [6.45, 7) is 3.56. The molecule has 94 valence electrons. The molecule has 0 aliphatic heterocycles. The molecule has 1 saturated carbocycles. The van der Waals surface area contributed by atoms with E-state index >= 15 is 0 Å². The summed E-state index contributed by atoms with van der Waals surface area (Å²) in [4.78, 5) is 0. The lowest BCUT2D eigenvalue weighted by Crippen LogP contribution is -2.33. The second kappa shape index (κ2) is 6.80. The number of benzene rings is 1. The largest absolute Gasteiger partial charge is 0.314 e. The van der Waals surface area contributed by atoms with Gasteiger partial charge in [-0.3, -0.25) is 0 Å². The number of nitrogens with one attached hydrogen (secondary N) is 1. The van der Waals surface area contributed by atoms with E-state index in [0.717, 1.165) is 12.0 Å². The highest BCUT2D eigenvalue weighted by atomic mass is 14.9. The van der Waals surface area contributed by atoms with Crippen LogP contribution in [0.3, 0.4) is 0 Å². The summed E-state index contributed by atoms with van der Waals surface area (Å²) in [6.07, 6.45) is 8.05. The zero-order chi connectivity index (χ0) is 11.9. The van der Waals surface area contributed by atoms with Crippen LogP contribution in [0.2, 0.25) is 0 Å². The van der Waals surface area contributed by atoms with E-state index in [1.54, 1.807) is 0 Å². The van der Waals surface area contributed by atoms with E-state index < -0.39 is 0 Å². The Balaban J connectivity index is 1.57. The second-order valence-electron chi connectivity index (χ2n) is 5.50. The highest BCUT2D eigenvalue weighted by molar-refractivity contribution is 5.14. The molecule has 17 heavy (non-hydrogen) atoms. The van der Waals surface area contributed by atoms with Crippen LogP contribution in [-0.2, 0) is 6.42 Å². The number of aryl methyl sites for hydroxylation is 1. The Morgan fingerprint density at radius 3 is 2.47 bits per heavy atom. The third-order valence-corrected chi connectivity index (χ3v) is 3.93. The van der Waals surface area contributed by atoms with Gasteiger partial charge in [-0.25, -0.2) is 0 Å². The fourth-order valence-corrected chi connectivity index (χ4v) is 2.71. The molecular weight excluding hydrogens is 206 g/mol. The van der Waals surface area contributed by atoms with Crippen LogP contribution in [0.1, 0.15) is 44.6 Å². The summed E-state index contributed by atoms with van der Waals surface area (Å²) in [5, 5.41) is 3.71. The van der Waals surface area contributed by atoms with Gasteiger partial charge in [-0.1, -0.05) is 37.3 Å². The molecule has 0 radical (unpaired) electrons. The first-order chi connectivity index (χ1) is 8.34. The summed E-state index contributed by atoms with van der Waals surface area (Å²) < 4.78 is 0. The van der Waals surface area contributed by atoms with E-state index in [2.05, 4.69) is 42.6 Å². The van der Waals surface area contributed by atoms with Crippen molar-refractivity contribution in [3.8, 4) is 0 Å². The molecule has 0 amide bonds. The van der Waals surface area contributed by atoms with E-state index in [4.69, 9.17) is 0 Å². The van der Waals surface area contributed by atoms with Crippen molar-refractivity contribution in [2.45, 2.75) is 51.5 Å². The number of hydrogen-bond donors (Lipinski definition) is 1. The number of hydrogen-bond acceptors (Lipinski definition) is 1. The third-order valence-electron chi connectivity index (χ3n) is 3.93. The molecule has 0 unspecified atom stereocenters. The van der Waals surface area contributed by atoms with E-state index in [0.29, 0.717) is 0 Å². The summed E-state index contributed by atoms with van der Waals surface area (Å²) in [6, 6.07) is 11.6. The molecule has 0 aromatic heterocycles. The first-order valence-corrected chi connectivity index (χ1v) is 7.12. The first-order valence-electron chi connectivity index (χ1n) is 7.12. The van der Waals surface area contributed by atoms with Crippen LogP contribution in [0.15, 0.2) is 30.3 Å². The Bertz CT molecular complexity index is 299. The molecule has 0 heterocycles. The van der Waals surface area contributed by atoms with Gasteiger partial charge in [0.05, 0.1) is 0 Å². The molecular formula is C16H25N. The molecule has 1 aromatic carbocycles. The van der Waals surface area contributed by atoms with Crippen molar-refractivity contribution in [1.29, 1.82) is 0 Å². The number of rotatable bonds is 5. The van der Waals surface area contributed by atoms with Gasteiger partial charge in [-0.2, -0.15) is 0 Å². The van der Waals surface area contributed by atoms with Crippen molar-refractivity contribution in [2.24, 2.45) is 5.92 Å². The van der Waals surface area contributed by atoms with Crippen molar-refractivity contribution in [3.63, 3.8) is 0 Å². The van der Waals surface area contributed by atoms with Crippen LogP contribution in [-0.4, -0.2) is 12.6 Å². The lowest BCUT2D eigenvalue weighted by Gasteiger charge is -2.27. The highest BCUT2D eigenvalue weighted by Crippen LogP contribution is 2.23. The van der Waals surface area contributed by atoms with Crippen LogP contribution in [0.25, 0.3) is 0 Å². The van der Waals surface area contributed by atoms with Crippen molar-refractivity contribution in [2.75, 3.05) is 6.54 Å². The van der Waals surface area contributed by atoms with Crippen LogP contribution < -0.4 is 5.32 Å². The first kappa shape index (κ1) is 12.6. The van der Waals surface area contributed by atoms with E-state index in [-0.39, 0.29) is 0 Å². The van der Waals surface area contributed by atoms with Gasteiger partial charge in [0, 0.05) is 6.04 Å². The summed E-state index contributed by atoms with van der Waals surface area (Å²) in [5.74, 6) is 0.956. The van der Waals surface area contributed by atoms with Gasteiger partial charge in [0.2, 0.25) is 0 Å². The molecule has 0 atom stereocenters. The van der Waals surface area contributed by atoms with Gasteiger partial charge < -0.3 is 5.32 Å². The van der Waals surface area contributed by atoms with Gasteiger partial charge in [0.25, 0.3) is 0 Å². The molecule has 2 rings (SSSR count). The average Bonchev–Trinajstić information content (AvgIpc) is 2.38. The van der Waals surface area contributed by atoms with E-state index in [9.17, 15) is 0 Å². The van der Waals surface area contributed by atoms with Crippen molar-refractivity contribution >= 4 is 0 Å². The SMILES string of the molecule is CC1CCC(NCCCc2ccccc2)CC1. The van der Waals surface area contributed by atoms with Crippen molar-refractivity contribution in [1.82, 2.24) is 5.32 Å². The maximum Gasteiger partial charge on any atom is 0.00672 e. The Morgan fingerprint density at radius 1 is 1.06 bits per heavy atom. The van der Waals surface area contributed by atoms with Gasteiger partial charge in [0.1, 0.15) is 0 Å². The lowest BCUT2D eigenvalue weighted by molar-refractivity contribution is 0.307. The van der Waals surface area contributed by atoms with Crippen LogP contribution in [0.5, 0.6) is 0 Å². The quantitative estimate of drug-likeness (QED) is 0.760. The molecule has 1 fully saturated rings. The minimum atomic E-state index is 0.793. The molecule has 0 spiro atoms. The van der Waals surface area contributed by atoms with E-state index in [1.807, 2.05) is 0 Å². The Morgan fingerprint density at radius 2 is 1.76 bits per heavy atom. The van der Waals surface area contributed by atoms with Crippen molar-refractivity contribution in [3.05, 3.63) is 35.9 Å². The Hall–Kier alpha value is -0.820. The summed E-state index contributed by atoms with van der Waals surface area (Å²) in [7, 11) is 0. The Labute approximate surface area is 106 Å². The molecule has 0 bridgehead atoms. The highest BCUT2D eigenvalue weighted by Gasteiger charge is 2.16. The maximum atomic E-state index is 3.71. The van der Waals surface area contributed by atoms with Gasteiger partial charge in [0.15, 0.2) is 0 Å². The normalized spacial score (nSPS) is 24.8. The minimum Gasteiger partial charge on any atom is -0.314 e. The topological polar surface area (TPSA) is 12.0 Å². The van der Waals surface area contributed by atoms with Crippen molar-refractivity contribution < 1.29 is 0 Å². The fraction of sp³-hybridized carbons (Fsp3) is 0.625. The molecule has 0 saturated heterocycles. The van der Waals surface area contributed by atoms with Crippen LogP contribution in [0, 0.1) is 5.92 Å². The maximum absolute atomic E-state index is 3.71. The molecule has 1 aliphatic rings. The van der Waals surface area contributed by atoms with Gasteiger partial charge in [-0.05, 0) is 56.6 Å². The monoisotopic (exact) mass is 231 g/mol. The summed E-state index contributed by atoms with van der Waals surface area (Å²) >= 11 is 0. The summed E-state index contributed by atoms with van der Waals surface area (Å²) in [5.41, 5.74) is 1.46. The minimum absolute atomic E-state index is 0.793. The zero-order valence-electron chi connectivity index (χ0n) is 11.0. The smallest absolute Gasteiger partial charge is 0.00672 e. The molecule has 1 aromatic rings. The van der Waals surface area contributed by atoms with E-state index in [1.165, 1.54) is 50.6 Å². The third kappa shape index (κ3) is 4.51. The predicted molar refractivity (Wildman–Crippen MR) is 74.2 cm³/mol. The second-order valence-corrected chi connectivity index (χ2v) is 5.50. The van der Waals surface area contributed by atoms with Crippen LogP contribution >= 0.6 is 0 Å². The predicted octanol–water partition coefficient (Wildman–Crippen LogP) is 3.79. The molecule has 1 heteroatoms. The molecule has 1 nitrogen and oxygen atoms in total. The molecule has 1 N–H and O–H groups in total. The van der Waals surface area contributed by atoms with Crippen LogP contribution in [0.4, 0.5) is 0 Å². The van der Waals surface area contributed by atoms with Gasteiger partial charge in [-0.15, -0.1) is 0 Å². The fourth-order valence-electron chi connectivity index (χ4n) is 2.71. The lowest BCUT2D eigenvalue weighted by atomic mass is 9.87.